The zero-order valence-electron chi connectivity index (χ0n) is 16.9. The molecule has 31 heavy (non-hydrogen) atoms. The number of hydrogen-bond acceptors (Lipinski definition) is 5. The number of likely N-dealkylation sites (tertiary alicyclic amines) is 1. The molecule has 2 aliphatic rings. The number of benzene rings is 2. The fraction of sp³-hybridized carbons (Fsp3) is 0.304. The zero-order chi connectivity index (χ0) is 21.8. The molecule has 3 N–H and O–H groups in total. The van der Waals surface area contributed by atoms with Crippen molar-refractivity contribution in [3.05, 3.63) is 71.0 Å². The highest BCUT2D eigenvalue weighted by atomic mass is 19.1. The molecule has 1 saturated heterocycles. The van der Waals surface area contributed by atoms with Crippen LogP contribution in [0.1, 0.15) is 34.3 Å². The van der Waals surface area contributed by atoms with Gasteiger partial charge < -0.3 is 15.0 Å². The second-order valence-corrected chi connectivity index (χ2v) is 7.83. The van der Waals surface area contributed by atoms with Crippen LogP contribution in [0.5, 0.6) is 5.75 Å². The fourth-order valence-electron chi connectivity index (χ4n) is 3.94. The standard InChI is InChI=1S/C23H24FN3O4/c24-18-5-1-16(2-6-18)9-12-27-13-10-23(11-14-27)25-22(29)19-15-17(3-7-20(19)31-23)4-8-21(28)26-30/h1-8,15,30H,9-14H2,(H,25,29)(H,26,28). The van der Waals surface area contributed by atoms with Gasteiger partial charge in [-0.15, -0.1) is 0 Å². The van der Waals surface area contributed by atoms with Crippen LogP contribution in [-0.2, 0) is 11.2 Å². The second-order valence-electron chi connectivity index (χ2n) is 7.83. The number of carbonyl (C=O) groups is 2. The van der Waals surface area contributed by atoms with E-state index in [2.05, 4.69) is 10.2 Å². The monoisotopic (exact) mass is 425 g/mol. The normalized spacial score (nSPS) is 17.8. The van der Waals surface area contributed by atoms with E-state index in [1.807, 2.05) is 12.1 Å². The quantitative estimate of drug-likeness (QED) is 0.389. The molecule has 2 aromatic carbocycles. The van der Waals surface area contributed by atoms with E-state index in [0.717, 1.165) is 31.6 Å². The van der Waals surface area contributed by atoms with Crippen LogP contribution < -0.4 is 15.5 Å². The van der Waals surface area contributed by atoms with Crippen LogP contribution in [-0.4, -0.2) is 47.3 Å². The minimum atomic E-state index is -0.718. The minimum Gasteiger partial charge on any atom is -0.467 e. The van der Waals surface area contributed by atoms with Gasteiger partial charge in [-0.3, -0.25) is 14.8 Å². The Morgan fingerprint density at radius 1 is 1.23 bits per heavy atom. The first-order valence-corrected chi connectivity index (χ1v) is 10.2. The number of nitrogens with one attached hydrogen (secondary N) is 2. The highest BCUT2D eigenvalue weighted by Gasteiger charge is 2.42. The lowest BCUT2D eigenvalue weighted by atomic mass is 9.96. The van der Waals surface area contributed by atoms with Gasteiger partial charge in [-0.25, -0.2) is 9.87 Å². The molecule has 8 heteroatoms. The van der Waals surface area contributed by atoms with Crippen molar-refractivity contribution in [3.63, 3.8) is 0 Å². The molecular weight excluding hydrogens is 401 g/mol. The Morgan fingerprint density at radius 3 is 2.68 bits per heavy atom. The molecular formula is C23H24FN3O4. The van der Waals surface area contributed by atoms with E-state index in [0.29, 0.717) is 29.7 Å². The Labute approximate surface area is 179 Å². The van der Waals surface area contributed by atoms with Crippen molar-refractivity contribution in [2.24, 2.45) is 0 Å². The summed E-state index contributed by atoms with van der Waals surface area (Å²) in [5, 5.41) is 11.6. The summed E-state index contributed by atoms with van der Waals surface area (Å²) in [6, 6.07) is 11.7. The first-order valence-electron chi connectivity index (χ1n) is 10.2. The molecule has 2 aromatic rings. The second kappa shape index (κ2) is 8.87. The summed E-state index contributed by atoms with van der Waals surface area (Å²) < 4.78 is 19.3. The maximum Gasteiger partial charge on any atom is 0.267 e. The van der Waals surface area contributed by atoms with Crippen molar-refractivity contribution in [1.29, 1.82) is 0 Å². The topological polar surface area (TPSA) is 90.9 Å². The van der Waals surface area contributed by atoms with Gasteiger partial charge in [0.15, 0.2) is 5.72 Å². The number of rotatable bonds is 5. The predicted octanol–water partition coefficient (Wildman–Crippen LogP) is 2.50. The lowest BCUT2D eigenvalue weighted by molar-refractivity contribution is -0.124. The third-order valence-corrected chi connectivity index (χ3v) is 5.73. The third-order valence-electron chi connectivity index (χ3n) is 5.73. The summed E-state index contributed by atoms with van der Waals surface area (Å²) in [6.07, 6.45) is 4.85. The molecule has 4 rings (SSSR count). The molecule has 1 spiro atoms. The van der Waals surface area contributed by atoms with Crippen molar-refractivity contribution in [3.8, 4) is 5.75 Å². The van der Waals surface area contributed by atoms with Crippen LogP contribution in [0, 0.1) is 5.82 Å². The number of nitrogens with zero attached hydrogens (tertiary/aromatic N) is 1. The van der Waals surface area contributed by atoms with Crippen LogP contribution in [0.4, 0.5) is 4.39 Å². The van der Waals surface area contributed by atoms with Gasteiger partial charge in [-0.1, -0.05) is 18.2 Å². The number of piperidine rings is 1. The van der Waals surface area contributed by atoms with E-state index < -0.39 is 11.6 Å². The predicted molar refractivity (Wildman–Crippen MR) is 112 cm³/mol. The smallest absolute Gasteiger partial charge is 0.267 e. The van der Waals surface area contributed by atoms with Gasteiger partial charge in [0.2, 0.25) is 0 Å². The number of carbonyl (C=O) groups excluding carboxylic acids is 2. The molecule has 2 amide bonds. The van der Waals surface area contributed by atoms with E-state index in [9.17, 15) is 14.0 Å². The highest BCUT2D eigenvalue weighted by Crippen LogP contribution is 2.34. The van der Waals surface area contributed by atoms with Crippen LogP contribution in [0.2, 0.25) is 0 Å². The van der Waals surface area contributed by atoms with Crippen LogP contribution in [0.15, 0.2) is 48.5 Å². The Hall–Kier alpha value is -3.23. The van der Waals surface area contributed by atoms with E-state index in [1.54, 1.807) is 18.2 Å². The summed E-state index contributed by atoms with van der Waals surface area (Å²) in [5.41, 5.74) is 2.96. The van der Waals surface area contributed by atoms with Gasteiger partial charge in [0.1, 0.15) is 11.6 Å². The number of fused-ring (bicyclic) bond motifs is 1. The Kier molecular flexibility index (Phi) is 6.01. The summed E-state index contributed by atoms with van der Waals surface area (Å²) in [5.74, 6) is -0.563. The third kappa shape index (κ3) is 4.92. The molecule has 0 bridgehead atoms. The number of amides is 2. The summed E-state index contributed by atoms with van der Waals surface area (Å²) in [6.45, 7) is 2.44. The van der Waals surface area contributed by atoms with Crippen molar-refractivity contribution >= 4 is 17.9 Å². The largest absolute Gasteiger partial charge is 0.467 e. The van der Waals surface area contributed by atoms with Crippen molar-refractivity contribution in [2.45, 2.75) is 25.0 Å². The number of hydroxylamine groups is 1. The molecule has 162 valence electrons. The summed E-state index contributed by atoms with van der Waals surface area (Å²) in [7, 11) is 0. The maximum atomic E-state index is 13.0. The molecule has 0 radical (unpaired) electrons. The maximum absolute atomic E-state index is 13.0. The Morgan fingerprint density at radius 2 is 1.97 bits per heavy atom. The summed E-state index contributed by atoms with van der Waals surface area (Å²) in [4.78, 5) is 26.2. The van der Waals surface area contributed by atoms with E-state index in [-0.39, 0.29) is 11.7 Å². The SMILES string of the molecule is O=C(C=Cc1ccc2c(c1)C(=O)NC1(CCN(CCc3ccc(F)cc3)CC1)O2)NO. The lowest BCUT2D eigenvalue weighted by Crippen LogP contribution is -2.61. The average molecular weight is 425 g/mol. The van der Waals surface area contributed by atoms with Crippen LogP contribution in [0.25, 0.3) is 6.08 Å². The molecule has 2 aliphatic heterocycles. The minimum absolute atomic E-state index is 0.206. The molecule has 0 aliphatic carbocycles. The van der Waals surface area contributed by atoms with E-state index in [4.69, 9.17) is 9.94 Å². The fourth-order valence-corrected chi connectivity index (χ4v) is 3.94. The number of halogens is 1. The zero-order valence-corrected chi connectivity index (χ0v) is 16.9. The molecule has 0 atom stereocenters. The van der Waals surface area contributed by atoms with Crippen molar-refractivity contribution < 1.29 is 23.9 Å². The lowest BCUT2D eigenvalue weighted by Gasteiger charge is -2.44. The number of ether oxygens (including phenoxy) is 1. The molecule has 0 unspecified atom stereocenters. The molecule has 2 heterocycles. The van der Waals surface area contributed by atoms with Gasteiger partial charge in [0.25, 0.3) is 11.8 Å². The van der Waals surface area contributed by atoms with Crippen molar-refractivity contribution in [1.82, 2.24) is 15.7 Å². The molecule has 0 saturated carbocycles. The average Bonchev–Trinajstić information content (AvgIpc) is 2.78. The van der Waals surface area contributed by atoms with Crippen LogP contribution >= 0.6 is 0 Å². The van der Waals surface area contributed by atoms with Crippen molar-refractivity contribution in [2.75, 3.05) is 19.6 Å². The first kappa shape index (κ1) is 21.0. The van der Waals surface area contributed by atoms with Gasteiger partial charge >= 0.3 is 0 Å². The highest BCUT2D eigenvalue weighted by molar-refractivity contribution is 5.99. The number of hydrogen-bond donors (Lipinski definition) is 3. The first-order chi connectivity index (χ1) is 15.0. The van der Waals surface area contributed by atoms with Crippen LogP contribution in [0.3, 0.4) is 0 Å². The molecule has 0 aromatic heterocycles. The Bertz CT molecular complexity index is 998. The van der Waals surface area contributed by atoms with Gasteiger partial charge in [-0.05, 0) is 47.9 Å². The van der Waals surface area contributed by atoms with E-state index in [1.165, 1.54) is 29.8 Å². The Balaban J connectivity index is 1.36. The molecule has 1 fully saturated rings. The van der Waals surface area contributed by atoms with Gasteiger partial charge in [0, 0.05) is 38.6 Å². The summed E-state index contributed by atoms with van der Waals surface area (Å²) >= 11 is 0. The van der Waals surface area contributed by atoms with Gasteiger partial charge in [0.05, 0.1) is 5.56 Å². The van der Waals surface area contributed by atoms with Gasteiger partial charge in [-0.2, -0.15) is 0 Å². The molecule has 7 nitrogen and oxygen atoms in total. The van der Waals surface area contributed by atoms with E-state index >= 15 is 0 Å².